The number of carboxylic acid groups (broad SMARTS) is 1. The Morgan fingerprint density at radius 2 is 2.09 bits per heavy atom. The van der Waals surface area contributed by atoms with Crippen molar-refractivity contribution in [2.75, 3.05) is 13.2 Å². The van der Waals surface area contributed by atoms with Gasteiger partial charge in [-0.3, -0.25) is 4.68 Å². The molecule has 0 radical (unpaired) electrons. The van der Waals surface area contributed by atoms with Gasteiger partial charge in [0.1, 0.15) is 6.61 Å². The molecule has 2 bridgehead atoms. The molecule has 5 rings (SSSR count). The van der Waals surface area contributed by atoms with Crippen LogP contribution in [0.3, 0.4) is 0 Å². The number of aromatic nitrogens is 5. The molecule has 4 heterocycles. The number of aryl methyl sites for hydroxylation is 1. The third-order valence-corrected chi connectivity index (χ3v) is 7.28. The second-order valence-corrected chi connectivity index (χ2v) is 9.44. The Kier molecular flexibility index (Phi) is 6.13. The van der Waals surface area contributed by atoms with Gasteiger partial charge in [0.15, 0.2) is 0 Å². The number of carbonyl (C=O) groups is 1. The number of halogens is 1. The van der Waals surface area contributed by atoms with Gasteiger partial charge < -0.3 is 14.6 Å². The molecule has 168 valence electrons. The number of rotatable bonds is 2. The predicted molar refractivity (Wildman–Crippen MR) is 135 cm³/mol. The number of ether oxygens (including phenoxy) is 2. The van der Waals surface area contributed by atoms with E-state index < -0.39 is 5.97 Å². The van der Waals surface area contributed by atoms with Gasteiger partial charge in [0.25, 0.3) is 0 Å². The predicted octanol–water partition coefficient (Wildman–Crippen LogP) is 4.40. The zero-order chi connectivity index (χ0) is 22.9. The Labute approximate surface area is 203 Å². The van der Waals surface area contributed by atoms with Gasteiger partial charge in [0.05, 0.1) is 48.3 Å². The molecule has 33 heavy (non-hydrogen) atoms. The number of benzene rings is 1. The van der Waals surface area contributed by atoms with Crippen LogP contribution in [-0.4, -0.2) is 48.6 Å². The summed E-state index contributed by atoms with van der Waals surface area (Å²) < 4.78 is 15.5. The summed E-state index contributed by atoms with van der Waals surface area (Å²) >= 11 is 2.30. The lowest BCUT2D eigenvalue weighted by Gasteiger charge is -2.10. The largest absolute Gasteiger partial charge is 0.478 e. The van der Waals surface area contributed by atoms with Gasteiger partial charge in [-0.2, -0.15) is 10.2 Å². The summed E-state index contributed by atoms with van der Waals surface area (Å²) in [6.45, 7) is 1.000. The van der Waals surface area contributed by atoms with E-state index in [9.17, 15) is 9.90 Å². The molecule has 1 aromatic carbocycles. The summed E-state index contributed by atoms with van der Waals surface area (Å²) in [5.41, 5.74) is 5.45. The Morgan fingerprint density at radius 3 is 2.91 bits per heavy atom. The molecule has 1 atom stereocenters. The Morgan fingerprint density at radius 1 is 1.21 bits per heavy atom. The molecular weight excluding hydrogens is 556 g/mol. The smallest absolute Gasteiger partial charge is 0.337 e. The lowest BCUT2D eigenvalue weighted by Crippen LogP contribution is -2.10. The lowest BCUT2D eigenvalue weighted by molar-refractivity contribution is 0.0695. The van der Waals surface area contributed by atoms with Gasteiger partial charge in [0, 0.05) is 29.8 Å². The molecule has 1 aliphatic rings. The molecule has 1 N–H and O–H groups in total. The number of hydrogen-bond acceptors (Lipinski definition) is 6. The highest BCUT2D eigenvalue weighted by atomic mass is 127. The summed E-state index contributed by atoms with van der Waals surface area (Å²) in [5, 5.41) is 19.6. The highest BCUT2D eigenvalue weighted by Gasteiger charge is 2.16. The van der Waals surface area contributed by atoms with E-state index >= 15 is 0 Å². The fourth-order valence-corrected chi connectivity index (χ4v) is 5.27. The van der Waals surface area contributed by atoms with Crippen molar-refractivity contribution in [2.45, 2.75) is 6.61 Å². The van der Waals surface area contributed by atoms with Gasteiger partial charge in [-0.05, 0) is 58.0 Å². The number of carboxylic acids is 1. The number of pyridine rings is 1. The minimum absolute atomic E-state index is 0.0885. The van der Waals surface area contributed by atoms with Crippen LogP contribution in [-0.2, 0) is 18.4 Å². The lowest BCUT2D eigenvalue weighted by atomic mass is 10.0. The quantitative estimate of drug-likeness (QED) is 0.279. The summed E-state index contributed by atoms with van der Waals surface area (Å²) in [4.78, 5) is 15.7. The van der Waals surface area contributed by atoms with Gasteiger partial charge >= 0.3 is 5.97 Å². The van der Waals surface area contributed by atoms with Crippen LogP contribution in [0.5, 0.6) is 5.88 Å². The van der Waals surface area contributed by atoms with Crippen LogP contribution in [0.25, 0.3) is 34.2 Å². The average molecular weight is 575 g/mol. The monoisotopic (exact) mass is 575 g/mol. The van der Waals surface area contributed by atoms with E-state index in [1.807, 2.05) is 28.5 Å². The van der Waals surface area contributed by atoms with E-state index in [-0.39, 0.29) is 12.2 Å². The second kappa shape index (κ2) is 9.20. The Bertz CT molecular complexity index is 1400. The van der Waals surface area contributed by atoms with Gasteiger partial charge in [-0.25, -0.2) is 14.2 Å². The standard InChI is InChI=1S/C22H19IN5O4P/c1-27-20-12-31-6-7-32-21-14(8-15(10-24-21)22(29)30)2-4-18-16-9-13(17(20)11-25-27)3-5-19(16)28(26-18)33-23/h2-5,8-11,33H,6-7,12H2,1H3,(H,29,30)/b4-2+. The van der Waals surface area contributed by atoms with E-state index in [2.05, 4.69) is 50.3 Å². The first kappa shape index (κ1) is 22.0. The summed E-state index contributed by atoms with van der Waals surface area (Å²) in [6, 6.07) is 7.80. The summed E-state index contributed by atoms with van der Waals surface area (Å²) in [6.07, 6.45) is 7.23. The van der Waals surface area contributed by atoms with Crippen molar-refractivity contribution in [2.24, 2.45) is 7.05 Å². The first-order valence-electron chi connectivity index (χ1n) is 10.1. The Balaban J connectivity index is 1.69. The number of aromatic carboxylic acids is 1. The van der Waals surface area contributed by atoms with Crippen molar-refractivity contribution >= 4 is 57.4 Å². The molecular formula is C22H19IN5O4P. The second-order valence-electron chi connectivity index (χ2n) is 7.40. The fraction of sp³-hybridized carbons (Fsp3) is 0.182. The molecule has 1 aliphatic heterocycles. The van der Waals surface area contributed by atoms with Gasteiger partial charge in [-0.15, -0.1) is 0 Å². The van der Waals surface area contributed by atoms with Crippen LogP contribution in [0.15, 0.2) is 36.7 Å². The van der Waals surface area contributed by atoms with Crippen LogP contribution in [0.4, 0.5) is 0 Å². The molecule has 0 amide bonds. The van der Waals surface area contributed by atoms with E-state index in [1.165, 1.54) is 6.20 Å². The maximum atomic E-state index is 11.5. The third-order valence-electron chi connectivity index (χ3n) is 5.41. The molecule has 11 heteroatoms. The molecule has 0 aliphatic carbocycles. The molecule has 0 spiro atoms. The molecule has 1 unspecified atom stereocenters. The van der Waals surface area contributed by atoms with Crippen LogP contribution < -0.4 is 4.74 Å². The van der Waals surface area contributed by atoms with Crippen molar-refractivity contribution in [1.29, 1.82) is 0 Å². The number of fused-ring (bicyclic) bond motifs is 4. The van der Waals surface area contributed by atoms with Crippen molar-refractivity contribution in [1.82, 2.24) is 24.3 Å². The van der Waals surface area contributed by atoms with Crippen LogP contribution in [0.2, 0.25) is 0 Å². The van der Waals surface area contributed by atoms with E-state index in [1.54, 1.807) is 12.1 Å². The zero-order valence-electron chi connectivity index (χ0n) is 17.5. The van der Waals surface area contributed by atoms with Crippen molar-refractivity contribution < 1.29 is 19.4 Å². The molecule has 0 fully saturated rings. The van der Waals surface area contributed by atoms with Crippen LogP contribution in [0.1, 0.15) is 27.3 Å². The highest BCUT2D eigenvalue weighted by molar-refractivity contribution is 14.2. The SMILES string of the molecule is Cn1ncc2c1COCCOc1ncc(C(=O)O)cc1/C=C/c1nn(PI)c3ccc-2cc13. The first-order chi connectivity index (χ1) is 16.0. The Hall–Kier alpha value is -2.82. The van der Waals surface area contributed by atoms with Gasteiger partial charge in [-0.1, -0.05) is 6.07 Å². The van der Waals surface area contributed by atoms with Crippen molar-refractivity contribution in [3.05, 3.63) is 59.2 Å². The summed E-state index contributed by atoms with van der Waals surface area (Å²) in [5.74, 6) is -0.703. The molecule has 9 nitrogen and oxygen atoms in total. The van der Waals surface area contributed by atoms with E-state index in [0.717, 1.165) is 33.4 Å². The normalized spacial score (nSPS) is 15.1. The summed E-state index contributed by atoms with van der Waals surface area (Å²) in [7, 11) is 1.90. The van der Waals surface area contributed by atoms with E-state index in [4.69, 9.17) is 14.6 Å². The molecule has 0 saturated carbocycles. The zero-order valence-corrected chi connectivity index (χ0v) is 20.7. The van der Waals surface area contributed by atoms with E-state index in [0.29, 0.717) is 31.0 Å². The maximum absolute atomic E-state index is 11.5. The van der Waals surface area contributed by atoms with Crippen molar-refractivity contribution in [3.63, 3.8) is 0 Å². The first-order valence-corrected chi connectivity index (χ1v) is 14.1. The molecule has 3 aromatic heterocycles. The minimum Gasteiger partial charge on any atom is -0.478 e. The number of nitrogens with zero attached hydrogens (tertiary/aromatic N) is 5. The highest BCUT2D eigenvalue weighted by Crippen LogP contribution is 2.35. The molecule has 4 aromatic rings. The van der Waals surface area contributed by atoms with Crippen molar-refractivity contribution in [3.8, 4) is 17.0 Å². The van der Waals surface area contributed by atoms with Crippen LogP contribution in [0, 0.1) is 0 Å². The average Bonchev–Trinajstić information content (AvgIpc) is 3.36. The maximum Gasteiger partial charge on any atom is 0.337 e. The van der Waals surface area contributed by atoms with Gasteiger partial charge in [0.2, 0.25) is 5.88 Å². The third kappa shape index (κ3) is 4.25. The van der Waals surface area contributed by atoms with Crippen LogP contribution >= 0.6 is 28.4 Å². The number of hydrogen-bond donors (Lipinski definition) is 1. The molecule has 0 saturated heterocycles. The fourth-order valence-electron chi connectivity index (χ4n) is 3.73. The minimum atomic E-state index is -1.05. The topological polar surface area (TPSA) is 104 Å².